The molecule has 0 fully saturated rings. The van der Waals surface area contributed by atoms with Gasteiger partial charge in [-0.05, 0) is 12.0 Å². The quantitative estimate of drug-likeness (QED) is 0.344. The minimum Gasteiger partial charge on any atom is -0.467 e. The molecule has 3 aromatic rings. The molecule has 152 valence electrons. The fourth-order valence-electron chi connectivity index (χ4n) is 3.03. The van der Waals surface area contributed by atoms with Crippen LogP contribution in [0.3, 0.4) is 0 Å². The molecule has 0 spiro atoms. The summed E-state index contributed by atoms with van der Waals surface area (Å²) in [5.74, 6) is -0.781. The number of methoxy groups -OCH3 is 1. The Hall–Kier alpha value is -2.94. The van der Waals surface area contributed by atoms with Crippen LogP contribution in [0.4, 0.5) is 0 Å². The lowest BCUT2D eigenvalue weighted by atomic mass is 10.1. The third-order valence-corrected chi connectivity index (χ3v) is 5.27. The van der Waals surface area contributed by atoms with Crippen LogP contribution in [0.25, 0.3) is 22.1 Å². The van der Waals surface area contributed by atoms with Gasteiger partial charge in [-0.25, -0.2) is 9.78 Å². The number of carbonyl (C=O) groups is 2. The molecule has 3 rings (SSSR count). The van der Waals surface area contributed by atoms with Gasteiger partial charge in [0.25, 0.3) is 0 Å². The molecular weight excluding hydrogens is 390 g/mol. The summed E-state index contributed by atoms with van der Waals surface area (Å²) in [7, 11) is 1.30. The first-order chi connectivity index (χ1) is 14.0. The van der Waals surface area contributed by atoms with Gasteiger partial charge in [-0.1, -0.05) is 49.9 Å². The van der Waals surface area contributed by atoms with Crippen molar-refractivity contribution in [2.75, 3.05) is 12.9 Å². The van der Waals surface area contributed by atoms with Gasteiger partial charge in [-0.2, -0.15) is 0 Å². The molecule has 2 aromatic heterocycles. The van der Waals surface area contributed by atoms with Gasteiger partial charge in [0, 0.05) is 11.9 Å². The van der Waals surface area contributed by atoms with Crippen molar-refractivity contribution in [2.24, 2.45) is 5.92 Å². The molecule has 29 heavy (non-hydrogen) atoms. The van der Waals surface area contributed by atoms with E-state index in [0.717, 1.165) is 10.9 Å². The van der Waals surface area contributed by atoms with E-state index in [0.29, 0.717) is 22.9 Å². The van der Waals surface area contributed by atoms with Crippen LogP contribution in [-0.4, -0.2) is 50.5 Å². The monoisotopic (exact) mass is 413 g/mol. The number of nitrogens with zero attached hydrogens (tertiary/aromatic N) is 4. The van der Waals surface area contributed by atoms with E-state index in [2.05, 4.69) is 27.1 Å². The highest BCUT2D eigenvalue weighted by atomic mass is 32.2. The van der Waals surface area contributed by atoms with Gasteiger partial charge < -0.3 is 14.6 Å². The first-order valence-corrected chi connectivity index (χ1v) is 10.2. The molecular formula is C20H23N5O3S. The highest BCUT2D eigenvalue weighted by Gasteiger charge is 2.25. The van der Waals surface area contributed by atoms with Gasteiger partial charge in [-0.3, -0.25) is 4.79 Å². The molecule has 0 bridgehead atoms. The number of esters is 1. The first-order valence-electron chi connectivity index (χ1n) is 9.18. The number of aromatic nitrogens is 4. The lowest BCUT2D eigenvalue weighted by Crippen LogP contribution is -2.45. The molecule has 0 radical (unpaired) electrons. The Bertz CT molecular complexity index is 1060. The van der Waals surface area contributed by atoms with E-state index in [1.54, 1.807) is 6.08 Å². The first kappa shape index (κ1) is 20.8. The molecule has 0 aliphatic heterocycles. The third-order valence-electron chi connectivity index (χ3n) is 4.44. The fraction of sp³-hybridized carbons (Fsp3) is 0.350. The Labute approximate surface area is 172 Å². The topological polar surface area (TPSA) is 99.0 Å². The molecule has 0 aliphatic carbocycles. The number of amides is 1. The van der Waals surface area contributed by atoms with E-state index in [-0.39, 0.29) is 17.6 Å². The minimum absolute atomic E-state index is 0.0646. The fourth-order valence-corrected chi connectivity index (χ4v) is 3.63. The van der Waals surface area contributed by atoms with Crippen molar-refractivity contribution in [2.45, 2.75) is 31.6 Å². The van der Waals surface area contributed by atoms with E-state index in [1.807, 2.05) is 42.7 Å². The van der Waals surface area contributed by atoms with Crippen molar-refractivity contribution in [3.8, 4) is 0 Å². The summed E-state index contributed by atoms with van der Waals surface area (Å²) in [5.41, 5.74) is 2.40. The van der Waals surface area contributed by atoms with Crippen LogP contribution in [0, 0.1) is 5.92 Å². The molecule has 1 atom stereocenters. The minimum atomic E-state index is -0.690. The summed E-state index contributed by atoms with van der Waals surface area (Å²) in [6, 6.07) is 7.19. The Balaban J connectivity index is 1.79. The number of ether oxygens (including phenoxy) is 1. The molecule has 0 aliphatic rings. The summed E-state index contributed by atoms with van der Waals surface area (Å²) < 4.78 is 6.76. The van der Waals surface area contributed by atoms with E-state index in [9.17, 15) is 9.59 Å². The Morgan fingerprint density at radius 3 is 2.76 bits per heavy atom. The zero-order chi connectivity index (χ0) is 21.0. The average molecular weight is 414 g/mol. The number of para-hydroxylation sites is 1. The van der Waals surface area contributed by atoms with Gasteiger partial charge in [0.1, 0.15) is 11.6 Å². The summed E-state index contributed by atoms with van der Waals surface area (Å²) in [4.78, 5) is 28.7. The lowest BCUT2D eigenvalue weighted by Gasteiger charge is -2.19. The SMILES string of the molecule is C=CCn1c2ccccc2c2nnc(SCC(=O)N[C@H](C(=O)OC)C(C)C)nc21. The molecule has 8 nitrogen and oxygen atoms in total. The highest BCUT2D eigenvalue weighted by molar-refractivity contribution is 7.99. The van der Waals surface area contributed by atoms with Gasteiger partial charge in [-0.15, -0.1) is 16.8 Å². The van der Waals surface area contributed by atoms with Crippen LogP contribution >= 0.6 is 11.8 Å². The van der Waals surface area contributed by atoms with Crippen LogP contribution in [-0.2, 0) is 20.9 Å². The van der Waals surface area contributed by atoms with E-state index >= 15 is 0 Å². The number of rotatable bonds is 8. The van der Waals surface area contributed by atoms with Gasteiger partial charge in [0.2, 0.25) is 11.1 Å². The van der Waals surface area contributed by atoms with Crippen LogP contribution in [0.1, 0.15) is 13.8 Å². The van der Waals surface area contributed by atoms with Crippen LogP contribution in [0.2, 0.25) is 0 Å². The number of hydrogen-bond acceptors (Lipinski definition) is 7. The van der Waals surface area contributed by atoms with Gasteiger partial charge in [0.05, 0.1) is 18.4 Å². The number of nitrogens with one attached hydrogen (secondary N) is 1. The van der Waals surface area contributed by atoms with Crippen molar-refractivity contribution >= 4 is 45.7 Å². The number of carbonyl (C=O) groups excluding carboxylic acids is 2. The van der Waals surface area contributed by atoms with E-state index in [4.69, 9.17) is 4.74 Å². The zero-order valence-corrected chi connectivity index (χ0v) is 17.4. The number of thioether (sulfide) groups is 1. The number of hydrogen-bond donors (Lipinski definition) is 1. The van der Waals surface area contributed by atoms with E-state index in [1.165, 1.54) is 18.9 Å². The Morgan fingerprint density at radius 2 is 2.07 bits per heavy atom. The number of benzene rings is 1. The standard InChI is InChI=1S/C20H23N5O3S/c1-5-10-25-14-9-7-6-8-13(14)17-18(25)22-20(24-23-17)29-11-15(26)21-16(12(2)3)19(27)28-4/h5-9,12,16H,1,10-11H2,2-4H3,(H,21,26)/t16-/m0/s1. The van der Waals surface area contributed by atoms with Crippen molar-refractivity contribution in [3.05, 3.63) is 36.9 Å². The highest BCUT2D eigenvalue weighted by Crippen LogP contribution is 2.27. The molecule has 1 aromatic carbocycles. The third kappa shape index (κ3) is 4.40. The molecule has 9 heteroatoms. The van der Waals surface area contributed by atoms with Crippen molar-refractivity contribution in [3.63, 3.8) is 0 Å². The second-order valence-corrected chi connectivity index (χ2v) is 7.73. The predicted molar refractivity (Wildman–Crippen MR) is 113 cm³/mol. The zero-order valence-electron chi connectivity index (χ0n) is 16.6. The largest absolute Gasteiger partial charge is 0.467 e. The van der Waals surface area contributed by atoms with Gasteiger partial charge >= 0.3 is 5.97 Å². The molecule has 2 heterocycles. The maximum atomic E-state index is 12.3. The maximum absolute atomic E-state index is 12.3. The number of allylic oxidation sites excluding steroid dienone is 1. The second-order valence-electron chi connectivity index (χ2n) is 6.78. The molecule has 1 amide bonds. The summed E-state index contributed by atoms with van der Waals surface area (Å²) >= 11 is 1.17. The van der Waals surface area contributed by atoms with Crippen molar-refractivity contribution in [1.29, 1.82) is 0 Å². The smallest absolute Gasteiger partial charge is 0.328 e. The lowest BCUT2D eigenvalue weighted by molar-refractivity contribution is -0.146. The predicted octanol–water partition coefficient (Wildman–Crippen LogP) is 2.57. The summed E-state index contributed by atoms with van der Waals surface area (Å²) in [5, 5.41) is 12.5. The summed E-state index contributed by atoms with van der Waals surface area (Å²) in [6.45, 7) is 8.08. The maximum Gasteiger partial charge on any atom is 0.328 e. The van der Waals surface area contributed by atoms with Crippen LogP contribution in [0.15, 0.2) is 42.1 Å². The molecule has 1 N–H and O–H groups in total. The van der Waals surface area contributed by atoms with Crippen LogP contribution in [0.5, 0.6) is 0 Å². The second kappa shape index (κ2) is 9.04. The van der Waals surface area contributed by atoms with E-state index < -0.39 is 12.0 Å². The molecule has 0 saturated carbocycles. The molecule has 0 unspecified atom stereocenters. The number of fused-ring (bicyclic) bond motifs is 3. The Kier molecular flexibility index (Phi) is 6.48. The van der Waals surface area contributed by atoms with Crippen LogP contribution < -0.4 is 5.32 Å². The molecule has 0 saturated heterocycles. The normalized spacial score (nSPS) is 12.3. The van der Waals surface area contributed by atoms with Crippen molar-refractivity contribution < 1.29 is 14.3 Å². The average Bonchev–Trinajstić information content (AvgIpc) is 3.03. The van der Waals surface area contributed by atoms with Gasteiger partial charge in [0.15, 0.2) is 5.65 Å². The Morgan fingerprint density at radius 1 is 1.31 bits per heavy atom. The summed E-state index contributed by atoms with van der Waals surface area (Å²) in [6.07, 6.45) is 1.80. The van der Waals surface area contributed by atoms with Crippen molar-refractivity contribution in [1.82, 2.24) is 25.1 Å².